The number of aromatic nitrogens is 1. The molecule has 0 bridgehead atoms. The third-order valence-electron chi connectivity index (χ3n) is 3.74. The highest BCUT2D eigenvalue weighted by molar-refractivity contribution is 7.99. The molecule has 1 unspecified atom stereocenters. The zero-order valence-electron chi connectivity index (χ0n) is 13.7. The van der Waals surface area contributed by atoms with Crippen molar-refractivity contribution >= 4 is 17.7 Å². The summed E-state index contributed by atoms with van der Waals surface area (Å²) in [6.07, 6.45) is 3.54. The molecule has 0 radical (unpaired) electrons. The lowest BCUT2D eigenvalue weighted by Gasteiger charge is -2.25. The quantitative estimate of drug-likeness (QED) is 0.783. The van der Waals surface area contributed by atoms with Crippen LogP contribution in [-0.2, 0) is 11.3 Å². The largest absolute Gasteiger partial charge is 0.480 e. The van der Waals surface area contributed by atoms with Crippen LogP contribution in [-0.4, -0.2) is 33.8 Å². The number of benzene rings is 1. The zero-order valence-corrected chi connectivity index (χ0v) is 14.5. The second-order valence-electron chi connectivity index (χ2n) is 5.46. The highest BCUT2D eigenvalue weighted by Crippen LogP contribution is 2.25. The Kier molecular flexibility index (Phi) is 6.19. The van der Waals surface area contributed by atoms with Gasteiger partial charge in [-0.15, -0.1) is 11.8 Å². The molecule has 0 amide bonds. The highest BCUT2D eigenvalue weighted by atomic mass is 32.2. The van der Waals surface area contributed by atoms with Gasteiger partial charge in [-0.25, -0.2) is 0 Å². The van der Waals surface area contributed by atoms with Crippen molar-refractivity contribution in [2.24, 2.45) is 0 Å². The Balaban J connectivity index is 2.20. The number of aryl methyl sites for hydroxylation is 1. The van der Waals surface area contributed by atoms with Gasteiger partial charge in [-0.1, -0.05) is 19.1 Å². The van der Waals surface area contributed by atoms with E-state index in [1.165, 1.54) is 0 Å². The van der Waals surface area contributed by atoms with Crippen molar-refractivity contribution in [2.45, 2.75) is 31.3 Å². The normalized spacial score (nSPS) is 12.3. The zero-order chi connectivity index (χ0) is 16.8. The molecule has 0 saturated heterocycles. The van der Waals surface area contributed by atoms with Crippen molar-refractivity contribution in [3.05, 3.63) is 59.4 Å². The van der Waals surface area contributed by atoms with Crippen LogP contribution in [0.1, 0.15) is 29.7 Å². The van der Waals surface area contributed by atoms with E-state index in [-0.39, 0.29) is 0 Å². The van der Waals surface area contributed by atoms with Gasteiger partial charge in [-0.3, -0.25) is 14.7 Å². The molecule has 0 saturated carbocycles. The molecule has 1 N–H and O–H groups in total. The van der Waals surface area contributed by atoms with Gasteiger partial charge in [-0.2, -0.15) is 0 Å². The summed E-state index contributed by atoms with van der Waals surface area (Å²) < 4.78 is 0. The van der Waals surface area contributed by atoms with Gasteiger partial charge in [0.25, 0.3) is 0 Å². The van der Waals surface area contributed by atoms with E-state index >= 15 is 0 Å². The SMILES string of the molecule is CCSc1ccc(C(C(=O)O)N(C)Cc2ccncc2C)cc1. The van der Waals surface area contributed by atoms with E-state index in [9.17, 15) is 9.90 Å². The maximum absolute atomic E-state index is 11.8. The maximum Gasteiger partial charge on any atom is 0.325 e. The molecule has 0 aliphatic heterocycles. The van der Waals surface area contributed by atoms with E-state index in [0.29, 0.717) is 6.54 Å². The van der Waals surface area contributed by atoms with Crippen LogP contribution in [0.4, 0.5) is 0 Å². The van der Waals surface area contributed by atoms with Gasteiger partial charge in [0.15, 0.2) is 0 Å². The first kappa shape index (κ1) is 17.5. The number of rotatable bonds is 7. The lowest BCUT2D eigenvalue weighted by molar-refractivity contribution is -0.143. The first-order chi connectivity index (χ1) is 11.0. The molecule has 0 aliphatic carbocycles. The van der Waals surface area contributed by atoms with Crippen LogP contribution in [0.15, 0.2) is 47.6 Å². The summed E-state index contributed by atoms with van der Waals surface area (Å²) in [6.45, 7) is 4.66. The summed E-state index contributed by atoms with van der Waals surface area (Å²) in [6, 6.07) is 9.07. The van der Waals surface area contributed by atoms with Crippen LogP contribution in [0.3, 0.4) is 0 Å². The van der Waals surface area contributed by atoms with Crippen LogP contribution in [0.5, 0.6) is 0 Å². The Morgan fingerprint density at radius 2 is 2.00 bits per heavy atom. The van der Waals surface area contributed by atoms with Crippen LogP contribution in [0.2, 0.25) is 0 Å². The maximum atomic E-state index is 11.8. The molecule has 0 fully saturated rings. The summed E-state index contributed by atoms with van der Waals surface area (Å²) in [4.78, 5) is 18.9. The van der Waals surface area contributed by atoms with Crippen molar-refractivity contribution in [1.29, 1.82) is 0 Å². The van der Waals surface area contributed by atoms with E-state index in [2.05, 4.69) is 11.9 Å². The molecule has 23 heavy (non-hydrogen) atoms. The Morgan fingerprint density at radius 3 is 2.57 bits per heavy atom. The molecular formula is C18H22N2O2S. The van der Waals surface area contributed by atoms with Gasteiger partial charge in [0, 0.05) is 23.8 Å². The summed E-state index contributed by atoms with van der Waals surface area (Å²) in [5.41, 5.74) is 2.96. The molecule has 1 aromatic carbocycles. The fourth-order valence-corrected chi connectivity index (χ4v) is 3.20. The smallest absolute Gasteiger partial charge is 0.325 e. The highest BCUT2D eigenvalue weighted by Gasteiger charge is 2.25. The average molecular weight is 330 g/mol. The second kappa shape index (κ2) is 8.13. The molecule has 4 nitrogen and oxygen atoms in total. The molecule has 122 valence electrons. The van der Waals surface area contributed by atoms with Crippen molar-refractivity contribution in [1.82, 2.24) is 9.88 Å². The van der Waals surface area contributed by atoms with Crippen molar-refractivity contribution in [3.63, 3.8) is 0 Å². The van der Waals surface area contributed by atoms with Crippen LogP contribution < -0.4 is 0 Å². The van der Waals surface area contributed by atoms with Crippen molar-refractivity contribution in [3.8, 4) is 0 Å². The van der Waals surface area contributed by atoms with Gasteiger partial charge in [-0.05, 0) is 54.6 Å². The number of carbonyl (C=O) groups is 1. The van der Waals surface area contributed by atoms with Crippen LogP contribution >= 0.6 is 11.8 Å². The first-order valence-electron chi connectivity index (χ1n) is 7.58. The Labute approximate surface area is 141 Å². The number of carboxylic acid groups (broad SMARTS) is 1. The third-order valence-corrected chi connectivity index (χ3v) is 4.63. The fourth-order valence-electron chi connectivity index (χ4n) is 2.54. The fraction of sp³-hybridized carbons (Fsp3) is 0.333. The number of aliphatic carboxylic acids is 1. The van der Waals surface area contributed by atoms with E-state index in [0.717, 1.165) is 27.3 Å². The number of carboxylic acids is 1. The predicted molar refractivity (Wildman–Crippen MR) is 93.7 cm³/mol. The molecule has 5 heteroatoms. The average Bonchev–Trinajstić information content (AvgIpc) is 2.51. The molecule has 2 rings (SSSR count). The topological polar surface area (TPSA) is 53.4 Å². The van der Waals surface area contributed by atoms with Crippen molar-refractivity contribution < 1.29 is 9.90 Å². The molecule has 0 aliphatic rings. The lowest BCUT2D eigenvalue weighted by atomic mass is 10.0. The van der Waals surface area contributed by atoms with E-state index in [4.69, 9.17) is 0 Å². The van der Waals surface area contributed by atoms with E-state index in [1.807, 2.05) is 49.2 Å². The van der Waals surface area contributed by atoms with E-state index in [1.54, 1.807) is 24.2 Å². The minimum atomic E-state index is -0.838. The standard InChI is InChI=1S/C18H22N2O2S/c1-4-23-16-7-5-14(6-8-16)17(18(21)22)20(3)12-15-9-10-19-11-13(15)2/h5-11,17H,4,12H2,1-3H3,(H,21,22). The van der Waals surface area contributed by atoms with Gasteiger partial charge in [0.2, 0.25) is 0 Å². The van der Waals surface area contributed by atoms with Gasteiger partial charge >= 0.3 is 5.97 Å². The van der Waals surface area contributed by atoms with E-state index < -0.39 is 12.0 Å². The van der Waals surface area contributed by atoms with Gasteiger partial charge < -0.3 is 5.11 Å². The summed E-state index contributed by atoms with van der Waals surface area (Å²) in [5.74, 6) is 0.165. The first-order valence-corrected chi connectivity index (χ1v) is 8.56. The third kappa shape index (κ3) is 4.56. The number of thioether (sulfide) groups is 1. The molecular weight excluding hydrogens is 308 g/mol. The predicted octanol–water partition coefficient (Wildman–Crippen LogP) is 3.76. The second-order valence-corrected chi connectivity index (χ2v) is 6.80. The number of nitrogens with zero attached hydrogens (tertiary/aromatic N) is 2. The number of pyridine rings is 1. The Morgan fingerprint density at radius 1 is 1.30 bits per heavy atom. The number of hydrogen-bond donors (Lipinski definition) is 1. The summed E-state index contributed by atoms with van der Waals surface area (Å²) in [5, 5.41) is 9.66. The molecule has 1 heterocycles. The summed E-state index contributed by atoms with van der Waals surface area (Å²) in [7, 11) is 1.84. The van der Waals surface area contributed by atoms with Crippen LogP contribution in [0, 0.1) is 6.92 Å². The Hall–Kier alpha value is -1.85. The monoisotopic (exact) mass is 330 g/mol. The molecule has 0 spiro atoms. The number of hydrogen-bond acceptors (Lipinski definition) is 4. The van der Waals surface area contributed by atoms with Crippen LogP contribution in [0.25, 0.3) is 0 Å². The number of likely N-dealkylation sites (N-methyl/N-ethyl adjacent to an activating group) is 1. The molecule has 2 aromatic rings. The molecule has 1 aromatic heterocycles. The minimum Gasteiger partial charge on any atom is -0.480 e. The minimum absolute atomic E-state index is 0.566. The lowest BCUT2D eigenvalue weighted by Crippen LogP contribution is -2.30. The van der Waals surface area contributed by atoms with Crippen molar-refractivity contribution in [2.75, 3.05) is 12.8 Å². The van der Waals surface area contributed by atoms with Gasteiger partial charge in [0.1, 0.15) is 6.04 Å². The Bertz CT molecular complexity index is 658. The van der Waals surface area contributed by atoms with Gasteiger partial charge in [0.05, 0.1) is 0 Å². The summed E-state index contributed by atoms with van der Waals surface area (Å²) >= 11 is 1.75. The molecule has 1 atom stereocenters.